The van der Waals surface area contributed by atoms with Gasteiger partial charge in [-0.3, -0.25) is 0 Å². The van der Waals surface area contributed by atoms with Crippen LogP contribution in [0.5, 0.6) is 0 Å². The number of thioether (sulfide) groups is 1. The van der Waals surface area contributed by atoms with Crippen molar-refractivity contribution in [2.45, 2.75) is 4.90 Å². The maximum atomic E-state index is 9.33. The van der Waals surface area contributed by atoms with Gasteiger partial charge in [-0.05, 0) is 17.7 Å². The van der Waals surface area contributed by atoms with Gasteiger partial charge in [0.25, 0.3) is 0 Å². The van der Waals surface area contributed by atoms with E-state index in [0.29, 0.717) is 10.5 Å². The third kappa shape index (κ3) is 1.94. The van der Waals surface area contributed by atoms with Crippen molar-refractivity contribution >= 4 is 46.7 Å². The topological polar surface area (TPSA) is 40.5 Å². The lowest BCUT2D eigenvalue weighted by atomic mass is 9.79. The van der Waals surface area contributed by atoms with Gasteiger partial charge in [0.05, 0.1) is 0 Å². The Morgan fingerprint density at radius 2 is 1.94 bits per heavy atom. The molecule has 0 saturated carbocycles. The second-order valence-electron chi connectivity index (χ2n) is 3.40. The molecule has 2 N–H and O–H groups in total. The maximum absolute atomic E-state index is 9.33. The van der Waals surface area contributed by atoms with Crippen LogP contribution in [-0.4, -0.2) is 23.4 Å². The van der Waals surface area contributed by atoms with E-state index in [9.17, 15) is 10.0 Å². The predicted octanol–water partition coefficient (Wildman–Crippen LogP) is 1.89. The smallest absolute Gasteiger partial charge is 0.423 e. The van der Waals surface area contributed by atoms with E-state index in [2.05, 4.69) is 0 Å². The average Bonchev–Trinajstić information content (AvgIpc) is 2.28. The molecule has 0 unspecified atom stereocenters. The molecule has 0 aromatic heterocycles. The minimum atomic E-state index is -1.54. The second-order valence-corrected chi connectivity index (χ2v) is 4.63. The minimum absolute atomic E-state index is 0.382. The standard InChI is InChI=1S/C11H10BClO2S/c1-16-9-6-7-4-2-3-5-8(7)11(13)10(9)12(14)15/h2-6,14-15H,1H3. The molecule has 16 heavy (non-hydrogen) atoms. The Morgan fingerprint density at radius 1 is 1.25 bits per heavy atom. The lowest BCUT2D eigenvalue weighted by Gasteiger charge is -2.11. The number of halogens is 1. The number of fused-ring (bicyclic) bond motifs is 1. The number of hydrogen-bond donors (Lipinski definition) is 2. The second kappa shape index (κ2) is 4.68. The molecule has 0 heterocycles. The van der Waals surface area contributed by atoms with Crippen molar-refractivity contribution in [3.05, 3.63) is 35.4 Å². The maximum Gasteiger partial charge on any atom is 0.491 e. The molecule has 0 spiro atoms. The fraction of sp³-hybridized carbons (Fsp3) is 0.0909. The molecule has 0 aliphatic carbocycles. The third-order valence-electron chi connectivity index (χ3n) is 2.46. The summed E-state index contributed by atoms with van der Waals surface area (Å²) in [4.78, 5) is 0.790. The van der Waals surface area contributed by atoms with Gasteiger partial charge < -0.3 is 10.0 Å². The Labute approximate surface area is 103 Å². The molecule has 2 aromatic carbocycles. The van der Waals surface area contributed by atoms with Gasteiger partial charge in [-0.25, -0.2) is 0 Å². The largest absolute Gasteiger partial charge is 0.491 e. The predicted molar refractivity (Wildman–Crippen MR) is 70.6 cm³/mol. The van der Waals surface area contributed by atoms with E-state index in [1.807, 2.05) is 36.6 Å². The van der Waals surface area contributed by atoms with Crippen LogP contribution in [0, 0.1) is 0 Å². The van der Waals surface area contributed by atoms with E-state index in [1.54, 1.807) is 0 Å². The van der Waals surface area contributed by atoms with E-state index in [-0.39, 0.29) is 0 Å². The zero-order valence-electron chi connectivity index (χ0n) is 8.64. The first-order chi connectivity index (χ1) is 7.65. The van der Waals surface area contributed by atoms with Gasteiger partial charge in [0.15, 0.2) is 0 Å². The van der Waals surface area contributed by atoms with Gasteiger partial charge in [0.2, 0.25) is 0 Å². The Morgan fingerprint density at radius 3 is 2.56 bits per heavy atom. The summed E-state index contributed by atoms with van der Waals surface area (Å²) in [5.41, 5.74) is 0.382. The summed E-state index contributed by atoms with van der Waals surface area (Å²) in [7, 11) is -1.54. The van der Waals surface area contributed by atoms with Crippen molar-refractivity contribution in [2.75, 3.05) is 6.26 Å². The SMILES string of the molecule is CSc1cc2ccccc2c(Cl)c1B(O)O. The van der Waals surface area contributed by atoms with E-state index >= 15 is 0 Å². The average molecular weight is 253 g/mol. The van der Waals surface area contributed by atoms with Gasteiger partial charge >= 0.3 is 7.12 Å². The summed E-state index contributed by atoms with van der Waals surface area (Å²) in [5, 5.41) is 20.9. The molecule has 2 nitrogen and oxygen atoms in total. The van der Waals surface area contributed by atoms with Crippen LogP contribution in [0.15, 0.2) is 35.2 Å². The third-order valence-corrected chi connectivity index (χ3v) is 3.65. The van der Waals surface area contributed by atoms with Crippen molar-refractivity contribution in [3.8, 4) is 0 Å². The first kappa shape index (κ1) is 11.8. The fourth-order valence-electron chi connectivity index (χ4n) is 1.70. The van der Waals surface area contributed by atoms with Crippen LogP contribution < -0.4 is 5.46 Å². The van der Waals surface area contributed by atoms with Crippen molar-refractivity contribution in [1.29, 1.82) is 0 Å². The van der Waals surface area contributed by atoms with Crippen LogP contribution in [-0.2, 0) is 0 Å². The van der Waals surface area contributed by atoms with E-state index < -0.39 is 7.12 Å². The van der Waals surface area contributed by atoms with Crippen molar-refractivity contribution in [3.63, 3.8) is 0 Å². The molecule has 0 saturated heterocycles. The van der Waals surface area contributed by atoms with Crippen LogP contribution in [0.2, 0.25) is 5.02 Å². The van der Waals surface area contributed by atoms with Crippen molar-refractivity contribution < 1.29 is 10.0 Å². The highest BCUT2D eigenvalue weighted by Gasteiger charge is 2.21. The van der Waals surface area contributed by atoms with Crippen molar-refractivity contribution in [1.82, 2.24) is 0 Å². The molecular formula is C11H10BClO2S. The molecule has 0 bridgehead atoms. The molecular weight excluding hydrogens is 242 g/mol. The monoisotopic (exact) mass is 252 g/mol. The summed E-state index contributed by atoms with van der Waals surface area (Å²) >= 11 is 7.64. The van der Waals surface area contributed by atoms with Gasteiger partial charge in [0.1, 0.15) is 0 Å². The molecule has 0 atom stereocenters. The van der Waals surface area contributed by atoms with E-state index in [4.69, 9.17) is 11.6 Å². The highest BCUT2D eigenvalue weighted by Crippen LogP contribution is 2.27. The minimum Gasteiger partial charge on any atom is -0.423 e. The van der Waals surface area contributed by atoms with Gasteiger partial charge in [-0.2, -0.15) is 0 Å². The normalized spacial score (nSPS) is 10.8. The molecule has 2 rings (SSSR count). The summed E-state index contributed by atoms with van der Waals surface area (Å²) in [6.07, 6.45) is 1.88. The zero-order valence-corrected chi connectivity index (χ0v) is 10.2. The molecule has 82 valence electrons. The molecule has 0 radical (unpaired) electrons. The first-order valence-electron chi connectivity index (χ1n) is 4.76. The zero-order chi connectivity index (χ0) is 11.7. The van der Waals surface area contributed by atoms with Crippen LogP contribution in [0.4, 0.5) is 0 Å². The molecule has 0 aliphatic heterocycles. The quantitative estimate of drug-likeness (QED) is 0.633. The van der Waals surface area contributed by atoms with Gasteiger partial charge in [-0.1, -0.05) is 35.9 Å². The lowest BCUT2D eigenvalue weighted by molar-refractivity contribution is 0.425. The molecule has 0 amide bonds. The fourth-order valence-corrected chi connectivity index (χ4v) is 2.80. The van der Waals surface area contributed by atoms with Crippen LogP contribution in [0.25, 0.3) is 10.8 Å². The summed E-state index contributed by atoms with van der Waals surface area (Å²) in [6, 6.07) is 9.54. The number of rotatable bonds is 2. The Balaban J connectivity index is 2.82. The number of benzene rings is 2. The van der Waals surface area contributed by atoms with Crippen molar-refractivity contribution in [2.24, 2.45) is 0 Å². The first-order valence-corrected chi connectivity index (χ1v) is 6.36. The highest BCUT2D eigenvalue weighted by atomic mass is 35.5. The van der Waals surface area contributed by atoms with Crippen LogP contribution in [0.3, 0.4) is 0 Å². The molecule has 0 aliphatic rings. The summed E-state index contributed by atoms with van der Waals surface area (Å²) in [6.45, 7) is 0. The summed E-state index contributed by atoms with van der Waals surface area (Å²) < 4.78 is 0. The Bertz CT molecular complexity index is 531. The molecule has 0 fully saturated rings. The lowest BCUT2D eigenvalue weighted by Crippen LogP contribution is -2.32. The Kier molecular flexibility index (Phi) is 3.45. The highest BCUT2D eigenvalue weighted by molar-refractivity contribution is 7.98. The van der Waals surface area contributed by atoms with Crippen LogP contribution in [0.1, 0.15) is 0 Å². The van der Waals surface area contributed by atoms with Gasteiger partial charge in [-0.15, -0.1) is 11.8 Å². The Hall–Kier alpha value is -0.675. The number of hydrogen-bond acceptors (Lipinski definition) is 3. The summed E-state index contributed by atoms with van der Waals surface area (Å²) in [5.74, 6) is 0. The van der Waals surface area contributed by atoms with E-state index in [0.717, 1.165) is 15.7 Å². The molecule has 5 heteroatoms. The van der Waals surface area contributed by atoms with E-state index in [1.165, 1.54) is 11.8 Å². The van der Waals surface area contributed by atoms with Crippen LogP contribution >= 0.6 is 23.4 Å². The molecule has 2 aromatic rings. The van der Waals surface area contributed by atoms with Gasteiger partial charge in [0, 0.05) is 20.8 Å².